The van der Waals surface area contributed by atoms with E-state index in [-0.39, 0.29) is 6.03 Å². The molecule has 0 aliphatic carbocycles. The molecule has 0 aliphatic rings. The number of amides is 2. The summed E-state index contributed by atoms with van der Waals surface area (Å²) < 4.78 is 0. The van der Waals surface area contributed by atoms with Crippen molar-refractivity contribution in [2.75, 3.05) is 25.0 Å². The second kappa shape index (κ2) is 7.01. The quantitative estimate of drug-likeness (QED) is 0.842. The predicted molar refractivity (Wildman–Crippen MR) is 75.7 cm³/mol. The van der Waals surface area contributed by atoms with Crippen molar-refractivity contribution in [1.29, 1.82) is 0 Å². The maximum Gasteiger partial charge on any atom is 0.321 e. The molecule has 1 aromatic carbocycles. The molecule has 1 unspecified atom stereocenters. The number of urea groups is 1. The molecule has 1 aromatic rings. The Balaban J connectivity index is 2.59. The number of hydrogen-bond donors (Lipinski definition) is 2. The maximum absolute atomic E-state index is 12.1. The van der Waals surface area contributed by atoms with Gasteiger partial charge in [0.25, 0.3) is 0 Å². The molecule has 0 saturated carbocycles. The molecule has 0 radical (unpaired) electrons. The van der Waals surface area contributed by atoms with E-state index in [4.69, 9.17) is 5.73 Å². The number of anilines is 1. The van der Waals surface area contributed by atoms with Gasteiger partial charge in [-0.3, -0.25) is 0 Å². The minimum absolute atomic E-state index is 0.0679. The molecule has 0 spiro atoms. The zero-order valence-corrected chi connectivity index (χ0v) is 11.4. The van der Waals surface area contributed by atoms with Crippen molar-refractivity contribution in [3.05, 3.63) is 29.8 Å². The minimum Gasteiger partial charge on any atom is -0.330 e. The van der Waals surface area contributed by atoms with Crippen molar-refractivity contribution in [2.45, 2.75) is 20.8 Å². The first-order valence-corrected chi connectivity index (χ1v) is 6.39. The Bertz CT molecular complexity index is 375. The average molecular weight is 249 g/mol. The van der Waals surface area contributed by atoms with Crippen molar-refractivity contribution in [2.24, 2.45) is 11.7 Å². The Morgan fingerprint density at radius 3 is 2.50 bits per heavy atom. The van der Waals surface area contributed by atoms with E-state index >= 15 is 0 Å². The fraction of sp³-hybridized carbons (Fsp3) is 0.500. The molecule has 0 bridgehead atoms. The van der Waals surface area contributed by atoms with Crippen LogP contribution in [0.1, 0.15) is 19.4 Å². The fourth-order valence-corrected chi connectivity index (χ4v) is 1.65. The third-order valence-corrected chi connectivity index (χ3v) is 2.91. The van der Waals surface area contributed by atoms with Gasteiger partial charge in [-0.2, -0.15) is 0 Å². The lowest BCUT2D eigenvalue weighted by molar-refractivity contribution is 0.206. The summed E-state index contributed by atoms with van der Waals surface area (Å²) in [4.78, 5) is 13.8. The van der Waals surface area contributed by atoms with Crippen molar-refractivity contribution >= 4 is 11.7 Å². The molecule has 4 heteroatoms. The van der Waals surface area contributed by atoms with Crippen LogP contribution in [0, 0.1) is 12.8 Å². The zero-order valence-electron chi connectivity index (χ0n) is 11.4. The number of carbonyl (C=O) groups excluding carboxylic acids is 1. The molecular weight excluding hydrogens is 226 g/mol. The summed E-state index contributed by atoms with van der Waals surface area (Å²) in [5, 5.41) is 2.90. The first kappa shape index (κ1) is 14.5. The van der Waals surface area contributed by atoms with Crippen LogP contribution in [0.2, 0.25) is 0 Å². The van der Waals surface area contributed by atoms with E-state index in [2.05, 4.69) is 5.32 Å². The van der Waals surface area contributed by atoms with Gasteiger partial charge >= 0.3 is 6.03 Å². The minimum atomic E-state index is -0.0679. The number of carbonyl (C=O) groups is 1. The second-order valence-corrected chi connectivity index (χ2v) is 4.68. The lowest BCUT2D eigenvalue weighted by Crippen LogP contribution is -2.39. The molecule has 0 saturated heterocycles. The van der Waals surface area contributed by atoms with Gasteiger partial charge in [-0.05, 0) is 38.4 Å². The van der Waals surface area contributed by atoms with Crippen molar-refractivity contribution in [3.63, 3.8) is 0 Å². The summed E-state index contributed by atoms with van der Waals surface area (Å²) >= 11 is 0. The highest BCUT2D eigenvalue weighted by Crippen LogP contribution is 2.10. The van der Waals surface area contributed by atoms with Gasteiger partial charge in [0.1, 0.15) is 0 Å². The molecule has 1 atom stereocenters. The standard InChI is InChI=1S/C14H23N3O/c1-4-17(10-12(3)9-15)14(18)16-13-7-5-11(2)6-8-13/h5-8,12H,4,9-10,15H2,1-3H3,(H,16,18). The normalized spacial score (nSPS) is 12.0. The number of nitrogens with two attached hydrogens (primary N) is 1. The Labute approximate surface area is 109 Å². The van der Waals surface area contributed by atoms with Crippen LogP contribution in [0.3, 0.4) is 0 Å². The van der Waals surface area contributed by atoms with E-state index in [0.29, 0.717) is 25.6 Å². The number of hydrogen-bond acceptors (Lipinski definition) is 2. The average Bonchev–Trinajstić information content (AvgIpc) is 2.38. The molecule has 0 aliphatic heterocycles. The Hall–Kier alpha value is -1.55. The van der Waals surface area contributed by atoms with Crippen molar-refractivity contribution < 1.29 is 4.79 Å². The Morgan fingerprint density at radius 2 is 2.00 bits per heavy atom. The third kappa shape index (κ3) is 4.37. The van der Waals surface area contributed by atoms with E-state index in [1.807, 2.05) is 45.0 Å². The zero-order chi connectivity index (χ0) is 13.5. The molecule has 3 N–H and O–H groups in total. The van der Waals surface area contributed by atoms with E-state index < -0.39 is 0 Å². The lowest BCUT2D eigenvalue weighted by Gasteiger charge is -2.24. The predicted octanol–water partition coefficient (Wildman–Crippen LogP) is 2.44. The third-order valence-electron chi connectivity index (χ3n) is 2.91. The van der Waals surface area contributed by atoms with E-state index in [9.17, 15) is 4.79 Å². The van der Waals surface area contributed by atoms with Crippen LogP contribution in [0.5, 0.6) is 0 Å². The summed E-state index contributed by atoms with van der Waals surface area (Å²) in [7, 11) is 0. The Morgan fingerprint density at radius 1 is 1.39 bits per heavy atom. The molecule has 1 rings (SSSR count). The summed E-state index contributed by atoms with van der Waals surface area (Å²) in [6.45, 7) is 7.99. The summed E-state index contributed by atoms with van der Waals surface area (Å²) in [5.41, 5.74) is 7.59. The molecule has 0 fully saturated rings. The van der Waals surface area contributed by atoms with Crippen LogP contribution in [-0.2, 0) is 0 Å². The first-order valence-electron chi connectivity index (χ1n) is 6.39. The van der Waals surface area contributed by atoms with Crippen LogP contribution in [0.15, 0.2) is 24.3 Å². The first-order chi connectivity index (χ1) is 8.56. The summed E-state index contributed by atoms with van der Waals surface area (Å²) in [6.07, 6.45) is 0. The van der Waals surface area contributed by atoms with Crippen LogP contribution in [-0.4, -0.2) is 30.6 Å². The number of nitrogens with zero attached hydrogens (tertiary/aromatic N) is 1. The highest BCUT2D eigenvalue weighted by atomic mass is 16.2. The molecule has 100 valence electrons. The van der Waals surface area contributed by atoms with Crippen LogP contribution >= 0.6 is 0 Å². The summed E-state index contributed by atoms with van der Waals surface area (Å²) in [5.74, 6) is 0.314. The second-order valence-electron chi connectivity index (χ2n) is 4.68. The smallest absolute Gasteiger partial charge is 0.321 e. The number of nitrogens with one attached hydrogen (secondary N) is 1. The summed E-state index contributed by atoms with van der Waals surface area (Å²) in [6, 6.07) is 7.71. The maximum atomic E-state index is 12.1. The highest BCUT2D eigenvalue weighted by Gasteiger charge is 2.14. The van der Waals surface area contributed by atoms with E-state index in [1.54, 1.807) is 4.90 Å². The molecule has 4 nitrogen and oxygen atoms in total. The van der Waals surface area contributed by atoms with Gasteiger partial charge in [0.15, 0.2) is 0 Å². The molecule has 0 heterocycles. The van der Waals surface area contributed by atoms with Crippen molar-refractivity contribution in [3.8, 4) is 0 Å². The molecular formula is C14H23N3O. The topological polar surface area (TPSA) is 58.4 Å². The molecule has 2 amide bonds. The van der Waals surface area contributed by atoms with Gasteiger partial charge in [0, 0.05) is 18.8 Å². The van der Waals surface area contributed by atoms with Gasteiger partial charge in [0.2, 0.25) is 0 Å². The number of benzene rings is 1. The monoisotopic (exact) mass is 249 g/mol. The van der Waals surface area contributed by atoms with E-state index in [1.165, 1.54) is 5.56 Å². The fourth-order valence-electron chi connectivity index (χ4n) is 1.65. The number of rotatable bonds is 5. The van der Waals surface area contributed by atoms with Gasteiger partial charge in [-0.1, -0.05) is 24.6 Å². The highest BCUT2D eigenvalue weighted by molar-refractivity contribution is 5.89. The number of aryl methyl sites for hydroxylation is 1. The lowest BCUT2D eigenvalue weighted by atomic mass is 10.2. The SMILES string of the molecule is CCN(CC(C)CN)C(=O)Nc1ccc(C)cc1. The van der Waals surface area contributed by atoms with E-state index in [0.717, 1.165) is 5.69 Å². The van der Waals surface area contributed by atoms with Crippen LogP contribution in [0.25, 0.3) is 0 Å². The van der Waals surface area contributed by atoms with Crippen molar-refractivity contribution in [1.82, 2.24) is 4.90 Å². The van der Waals surface area contributed by atoms with Gasteiger partial charge in [-0.25, -0.2) is 4.79 Å². The molecule has 18 heavy (non-hydrogen) atoms. The van der Waals surface area contributed by atoms with Gasteiger partial charge < -0.3 is 16.0 Å². The van der Waals surface area contributed by atoms with Gasteiger partial charge in [-0.15, -0.1) is 0 Å². The van der Waals surface area contributed by atoms with Crippen LogP contribution < -0.4 is 11.1 Å². The Kier molecular flexibility index (Phi) is 5.65. The molecule has 0 aromatic heterocycles. The largest absolute Gasteiger partial charge is 0.330 e. The van der Waals surface area contributed by atoms with Gasteiger partial charge in [0.05, 0.1) is 0 Å². The van der Waals surface area contributed by atoms with Crippen LogP contribution in [0.4, 0.5) is 10.5 Å².